The van der Waals surface area contributed by atoms with Gasteiger partial charge in [-0.2, -0.15) is 0 Å². The molecule has 3 heterocycles. The first-order chi connectivity index (χ1) is 8.62. The van der Waals surface area contributed by atoms with Crippen molar-refractivity contribution in [2.24, 2.45) is 11.8 Å². The van der Waals surface area contributed by atoms with Gasteiger partial charge >= 0.3 is 0 Å². The summed E-state index contributed by atoms with van der Waals surface area (Å²) < 4.78 is 17.6. The van der Waals surface area contributed by atoms with Gasteiger partial charge in [0.15, 0.2) is 6.29 Å². The van der Waals surface area contributed by atoms with E-state index in [2.05, 4.69) is 0 Å². The molecule has 18 heavy (non-hydrogen) atoms. The molecule has 3 aliphatic heterocycles. The zero-order valence-electron chi connectivity index (χ0n) is 10.7. The van der Waals surface area contributed by atoms with Gasteiger partial charge in [-0.1, -0.05) is 6.08 Å². The fourth-order valence-electron chi connectivity index (χ4n) is 3.24. The van der Waals surface area contributed by atoms with Crippen LogP contribution in [0.1, 0.15) is 13.8 Å². The summed E-state index contributed by atoms with van der Waals surface area (Å²) in [7, 11) is 0. The Bertz CT molecular complexity index is 347. The van der Waals surface area contributed by atoms with Crippen molar-refractivity contribution >= 4 is 0 Å². The van der Waals surface area contributed by atoms with Crippen molar-refractivity contribution in [1.82, 2.24) is 0 Å². The van der Waals surface area contributed by atoms with E-state index in [1.807, 2.05) is 26.0 Å². The maximum absolute atomic E-state index is 9.61. The van der Waals surface area contributed by atoms with Crippen molar-refractivity contribution in [2.45, 2.75) is 44.1 Å². The lowest BCUT2D eigenvalue weighted by atomic mass is 9.76. The van der Waals surface area contributed by atoms with Gasteiger partial charge in [0, 0.05) is 25.0 Å². The van der Waals surface area contributed by atoms with Crippen molar-refractivity contribution in [3.63, 3.8) is 0 Å². The lowest BCUT2D eigenvalue weighted by Gasteiger charge is -2.35. The summed E-state index contributed by atoms with van der Waals surface area (Å²) in [5.41, 5.74) is -0.744. The van der Waals surface area contributed by atoms with Gasteiger partial charge in [0.2, 0.25) is 0 Å². The van der Waals surface area contributed by atoms with E-state index in [1.165, 1.54) is 0 Å². The Morgan fingerprint density at radius 1 is 1.11 bits per heavy atom. The highest BCUT2D eigenvalue weighted by Gasteiger charge is 2.62. The Balaban J connectivity index is 1.88. The molecule has 0 aromatic carbocycles. The molecule has 0 radical (unpaired) electrons. The third kappa shape index (κ3) is 1.52. The molecule has 0 aromatic heterocycles. The lowest BCUT2D eigenvalue weighted by molar-refractivity contribution is -0.191. The Hall–Kier alpha value is -0.460. The molecule has 2 fully saturated rings. The lowest BCUT2D eigenvalue weighted by Crippen LogP contribution is -2.49. The van der Waals surface area contributed by atoms with Crippen LogP contribution in [0.2, 0.25) is 0 Å². The van der Waals surface area contributed by atoms with Crippen LogP contribution >= 0.6 is 0 Å². The molecule has 102 valence electrons. The maximum atomic E-state index is 9.61. The topological polar surface area (TPSA) is 68.2 Å². The zero-order chi connectivity index (χ0) is 12.9. The smallest absolute Gasteiger partial charge is 0.191 e. The summed E-state index contributed by atoms with van der Waals surface area (Å²) in [6.07, 6.45) is 3.23. The van der Waals surface area contributed by atoms with E-state index in [0.29, 0.717) is 0 Å². The average Bonchev–Trinajstić information content (AvgIpc) is 3.01. The highest BCUT2D eigenvalue weighted by Crippen LogP contribution is 2.51. The van der Waals surface area contributed by atoms with Crippen molar-refractivity contribution in [1.29, 1.82) is 0 Å². The van der Waals surface area contributed by atoms with Gasteiger partial charge in [0.1, 0.15) is 5.60 Å². The first-order valence-corrected chi connectivity index (χ1v) is 6.52. The van der Waals surface area contributed by atoms with Gasteiger partial charge in [-0.25, -0.2) is 0 Å². The molecule has 3 aliphatic rings. The zero-order valence-corrected chi connectivity index (χ0v) is 10.7. The van der Waals surface area contributed by atoms with Gasteiger partial charge in [-0.05, 0) is 19.9 Å². The second kappa shape index (κ2) is 4.28. The second-order valence-electron chi connectivity index (χ2n) is 5.44. The Labute approximate surface area is 106 Å². The molecule has 0 aromatic rings. The molecule has 0 amide bonds. The number of hydrogen-bond acceptors (Lipinski definition) is 5. The van der Waals surface area contributed by atoms with E-state index < -0.39 is 11.9 Å². The van der Waals surface area contributed by atoms with Crippen molar-refractivity contribution < 1.29 is 24.4 Å². The Morgan fingerprint density at radius 3 is 2.33 bits per heavy atom. The molecule has 6 atom stereocenters. The Morgan fingerprint density at radius 2 is 1.78 bits per heavy atom. The number of ether oxygens (including phenoxy) is 3. The molecule has 0 unspecified atom stereocenters. The summed E-state index contributed by atoms with van der Waals surface area (Å²) in [5, 5.41) is 19.1. The minimum Gasteiger partial charge on any atom is -0.396 e. The highest BCUT2D eigenvalue weighted by molar-refractivity contribution is 5.25. The molecule has 0 aliphatic carbocycles. The van der Waals surface area contributed by atoms with Crippen LogP contribution in [0, 0.1) is 11.8 Å². The second-order valence-corrected chi connectivity index (χ2v) is 5.44. The van der Waals surface area contributed by atoms with Gasteiger partial charge in [-0.15, -0.1) is 0 Å². The number of rotatable bonds is 3. The predicted molar refractivity (Wildman–Crippen MR) is 62.8 cm³/mol. The summed E-state index contributed by atoms with van der Waals surface area (Å²) >= 11 is 0. The standard InChI is InChI=1S/C13H20O5/c1-7-8(2)17-12(16-7)13-4-3-11(18-13)9(5-14)10(13)6-15/h3-4,7-12,14-15H,5-6H2,1-2H3/t7-,8-,9-,10+,11-,13+/m1/s1. The van der Waals surface area contributed by atoms with E-state index in [9.17, 15) is 10.2 Å². The predicted octanol–water partition coefficient (Wildman–Crippen LogP) is 0.0607. The molecule has 2 N–H and O–H groups in total. The van der Waals surface area contributed by atoms with Crippen LogP contribution in [0.5, 0.6) is 0 Å². The number of aliphatic hydroxyl groups excluding tert-OH is 2. The molecule has 0 saturated carbocycles. The summed E-state index contributed by atoms with van der Waals surface area (Å²) in [6, 6.07) is 0. The first kappa shape index (κ1) is 12.6. The van der Waals surface area contributed by atoms with Gasteiger partial charge in [0.25, 0.3) is 0 Å². The fourth-order valence-corrected chi connectivity index (χ4v) is 3.24. The molecular formula is C13H20O5. The highest BCUT2D eigenvalue weighted by atomic mass is 16.8. The third-order valence-electron chi connectivity index (χ3n) is 4.52. The van der Waals surface area contributed by atoms with Crippen LogP contribution in [-0.2, 0) is 14.2 Å². The molecular weight excluding hydrogens is 236 g/mol. The average molecular weight is 256 g/mol. The van der Waals surface area contributed by atoms with Crippen LogP contribution < -0.4 is 0 Å². The number of aliphatic hydroxyl groups is 2. The van der Waals surface area contributed by atoms with Crippen LogP contribution in [0.25, 0.3) is 0 Å². The Kier molecular flexibility index (Phi) is 2.99. The molecule has 0 spiro atoms. The molecule has 5 heteroatoms. The normalized spacial score (nSPS) is 51.4. The first-order valence-electron chi connectivity index (χ1n) is 6.52. The van der Waals surface area contributed by atoms with E-state index >= 15 is 0 Å². The van der Waals surface area contributed by atoms with Crippen LogP contribution in [0.4, 0.5) is 0 Å². The van der Waals surface area contributed by atoms with Gasteiger partial charge in [-0.3, -0.25) is 0 Å². The molecule has 2 saturated heterocycles. The largest absolute Gasteiger partial charge is 0.396 e. The van der Waals surface area contributed by atoms with Gasteiger partial charge < -0.3 is 24.4 Å². The summed E-state index contributed by atoms with van der Waals surface area (Å²) in [5.74, 6) is -0.265. The maximum Gasteiger partial charge on any atom is 0.191 e. The van der Waals surface area contributed by atoms with Crippen molar-refractivity contribution in [2.75, 3.05) is 13.2 Å². The van der Waals surface area contributed by atoms with E-state index in [4.69, 9.17) is 14.2 Å². The van der Waals surface area contributed by atoms with Crippen LogP contribution in [0.15, 0.2) is 12.2 Å². The summed E-state index contributed by atoms with van der Waals surface area (Å²) in [4.78, 5) is 0. The van der Waals surface area contributed by atoms with E-state index in [1.54, 1.807) is 0 Å². The monoisotopic (exact) mass is 256 g/mol. The quantitative estimate of drug-likeness (QED) is 0.699. The van der Waals surface area contributed by atoms with Crippen molar-refractivity contribution in [3.05, 3.63) is 12.2 Å². The van der Waals surface area contributed by atoms with Crippen LogP contribution in [-0.4, -0.2) is 53.6 Å². The summed E-state index contributed by atoms with van der Waals surface area (Å²) in [6.45, 7) is 3.88. The number of fused-ring (bicyclic) bond motifs is 2. The fraction of sp³-hybridized carbons (Fsp3) is 0.846. The van der Waals surface area contributed by atoms with E-state index in [0.717, 1.165) is 0 Å². The van der Waals surface area contributed by atoms with Crippen molar-refractivity contribution in [3.8, 4) is 0 Å². The SMILES string of the molecule is C[C@H]1OC([C@@]23C=C[C@@H](O2)[C@H](CO)[C@@H]3CO)O[C@@H]1C. The van der Waals surface area contributed by atoms with Crippen LogP contribution in [0.3, 0.4) is 0 Å². The molecule has 5 nitrogen and oxygen atoms in total. The number of hydrogen-bond donors (Lipinski definition) is 2. The molecule has 2 bridgehead atoms. The van der Waals surface area contributed by atoms with Gasteiger partial charge in [0.05, 0.1) is 18.3 Å². The minimum atomic E-state index is -0.744. The molecule has 3 rings (SSSR count). The minimum absolute atomic E-state index is 0.000188. The third-order valence-corrected chi connectivity index (χ3v) is 4.52. The van der Waals surface area contributed by atoms with E-state index in [-0.39, 0.29) is 43.4 Å².